The highest BCUT2D eigenvalue weighted by molar-refractivity contribution is 7.89. The largest absolute Gasteiger partial charge is 0.332 e. The van der Waals surface area contributed by atoms with E-state index in [1.165, 1.54) is 36.4 Å². The van der Waals surface area contributed by atoms with Gasteiger partial charge in [-0.25, -0.2) is 17.5 Å². The Morgan fingerprint density at radius 3 is 2.27 bits per heavy atom. The molecule has 0 aromatic heterocycles. The molecule has 0 radical (unpaired) electrons. The first-order valence-corrected chi connectivity index (χ1v) is 11.9. The van der Waals surface area contributed by atoms with Gasteiger partial charge in [-0.1, -0.05) is 42.5 Å². The fraction of sp³-hybridized carbons (Fsp3) is 0.0833. The highest BCUT2D eigenvalue weighted by Gasteiger charge is 2.13. The summed E-state index contributed by atoms with van der Waals surface area (Å²) in [6.45, 7) is 0.286. The second-order valence-corrected chi connectivity index (χ2v) is 9.16. The van der Waals surface area contributed by atoms with Gasteiger partial charge in [0.15, 0.2) is 5.11 Å². The summed E-state index contributed by atoms with van der Waals surface area (Å²) < 4.78 is 40.4. The third kappa shape index (κ3) is 7.90. The van der Waals surface area contributed by atoms with E-state index in [1.54, 1.807) is 24.3 Å². The first kappa shape index (κ1) is 24.2. The number of benzene rings is 3. The molecule has 0 fully saturated rings. The molecule has 3 rings (SSSR count). The molecule has 0 bridgehead atoms. The molecule has 0 saturated heterocycles. The van der Waals surface area contributed by atoms with Crippen LogP contribution in [0.5, 0.6) is 0 Å². The van der Waals surface area contributed by atoms with Crippen molar-refractivity contribution >= 4 is 45.0 Å². The second kappa shape index (κ2) is 11.5. The smallest absolute Gasteiger partial charge is 0.250 e. The minimum Gasteiger partial charge on any atom is -0.332 e. The molecular formula is C24H22FN3O3S2. The second-order valence-electron chi connectivity index (χ2n) is 6.99. The van der Waals surface area contributed by atoms with Crippen LogP contribution >= 0.6 is 12.2 Å². The summed E-state index contributed by atoms with van der Waals surface area (Å²) in [4.78, 5) is 12.1. The number of rotatable bonds is 8. The number of hydrogen-bond acceptors (Lipinski definition) is 4. The number of amides is 1. The van der Waals surface area contributed by atoms with Gasteiger partial charge in [-0.2, -0.15) is 0 Å². The van der Waals surface area contributed by atoms with Crippen molar-refractivity contribution in [3.05, 3.63) is 102 Å². The van der Waals surface area contributed by atoms with Crippen LogP contribution in [0.3, 0.4) is 0 Å². The van der Waals surface area contributed by atoms with Crippen LogP contribution in [0.25, 0.3) is 6.08 Å². The molecule has 0 unspecified atom stereocenters. The summed E-state index contributed by atoms with van der Waals surface area (Å²) in [7, 11) is -3.64. The van der Waals surface area contributed by atoms with Crippen LogP contribution in [0.2, 0.25) is 0 Å². The maximum Gasteiger partial charge on any atom is 0.250 e. The Kier molecular flexibility index (Phi) is 8.42. The highest BCUT2D eigenvalue weighted by Crippen LogP contribution is 2.14. The number of sulfonamides is 1. The van der Waals surface area contributed by atoms with Crippen molar-refractivity contribution in [3.63, 3.8) is 0 Å². The molecular weight excluding hydrogens is 461 g/mol. The van der Waals surface area contributed by atoms with Gasteiger partial charge < -0.3 is 5.32 Å². The lowest BCUT2D eigenvalue weighted by molar-refractivity contribution is -0.115. The van der Waals surface area contributed by atoms with Crippen LogP contribution in [0.1, 0.15) is 11.1 Å². The molecule has 0 aliphatic heterocycles. The fourth-order valence-electron chi connectivity index (χ4n) is 2.84. The number of thiocarbonyl (C=S) groups is 1. The van der Waals surface area contributed by atoms with E-state index < -0.39 is 15.9 Å². The predicted octanol–water partition coefficient (Wildman–Crippen LogP) is 3.87. The highest BCUT2D eigenvalue weighted by atomic mass is 32.2. The van der Waals surface area contributed by atoms with Crippen molar-refractivity contribution in [2.45, 2.75) is 11.3 Å². The molecule has 9 heteroatoms. The van der Waals surface area contributed by atoms with Crippen LogP contribution in [-0.4, -0.2) is 26.0 Å². The van der Waals surface area contributed by atoms with Crippen LogP contribution in [0.15, 0.2) is 89.8 Å². The van der Waals surface area contributed by atoms with Gasteiger partial charge in [-0.15, -0.1) is 0 Å². The molecule has 0 saturated carbocycles. The van der Waals surface area contributed by atoms with Gasteiger partial charge in [0.1, 0.15) is 5.82 Å². The number of hydrogen-bond donors (Lipinski definition) is 3. The van der Waals surface area contributed by atoms with Gasteiger partial charge in [0, 0.05) is 18.3 Å². The Morgan fingerprint density at radius 1 is 0.939 bits per heavy atom. The minimum atomic E-state index is -3.64. The lowest BCUT2D eigenvalue weighted by Crippen LogP contribution is -2.32. The standard InChI is InChI=1S/C24H22FN3O3S2/c25-20-9-6-19(7-10-20)8-15-23(29)28-24(32)27-21-11-13-22(14-12-21)33(30,31)26-17-16-18-4-2-1-3-5-18/h1-15,26H,16-17H2,(H2,27,28,29,32)/b15-8+. The Morgan fingerprint density at radius 2 is 1.61 bits per heavy atom. The number of carbonyl (C=O) groups excluding carboxylic acids is 1. The minimum absolute atomic E-state index is 0.0559. The zero-order valence-corrected chi connectivity index (χ0v) is 19.1. The molecule has 3 aromatic rings. The molecule has 0 heterocycles. The first-order valence-electron chi connectivity index (χ1n) is 10.0. The van der Waals surface area contributed by atoms with Gasteiger partial charge in [-0.05, 0) is 72.2 Å². The van der Waals surface area contributed by atoms with Crippen molar-refractivity contribution in [2.75, 3.05) is 11.9 Å². The third-order valence-corrected chi connectivity index (χ3v) is 6.19. The molecule has 0 atom stereocenters. The Bertz CT molecular complexity index is 1230. The summed E-state index contributed by atoms with van der Waals surface area (Å²) in [5, 5.41) is 5.37. The van der Waals surface area contributed by atoms with Gasteiger partial charge in [-0.3, -0.25) is 10.1 Å². The zero-order valence-electron chi connectivity index (χ0n) is 17.5. The van der Waals surface area contributed by atoms with Crippen LogP contribution in [0.4, 0.5) is 10.1 Å². The van der Waals surface area contributed by atoms with E-state index in [1.807, 2.05) is 30.3 Å². The lowest BCUT2D eigenvalue weighted by Gasteiger charge is -2.10. The average Bonchev–Trinajstić information content (AvgIpc) is 2.79. The summed E-state index contributed by atoms with van der Waals surface area (Å²) in [6.07, 6.45) is 3.39. The zero-order chi connectivity index (χ0) is 23.7. The quantitative estimate of drug-likeness (QED) is 0.334. The predicted molar refractivity (Wildman–Crippen MR) is 132 cm³/mol. The first-order chi connectivity index (χ1) is 15.8. The van der Waals surface area contributed by atoms with E-state index in [0.29, 0.717) is 17.7 Å². The number of anilines is 1. The van der Waals surface area contributed by atoms with Crippen LogP contribution < -0.4 is 15.4 Å². The monoisotopic (exact) mass is 483 g/mol. The van der Waals surface area contributed by atoms with Gasteiger partial charge >= 0.3 is 0 Å². The molecule has 0 aliphatic carbocycles. The fourth-order valence-corrected chi connectivity index (χ4v) is 4.09. The van der Waals surface area contributed by atoms with Crippen LogP contribution in [-0.2, 0) is 21.2 Å². The molecule has 0 spiro atoms. The summed E-state index contributed by atoms with van der Waals surface area (Å²) >= 11 is 5.11. The molecule has 170 valence electrons. The van der Waals surface area contributed by atoms with Crippen LogP contribution in [0, 0.1) is 5.82 Å². The van der Waals surface area contributed by atoms with E-state index >= 15 is 0 Å². The third-order valence-electron chi connectivity index (χ3n) is 4.50. The summed E-state index contributed by atoms with van der Waals surface area (Å²) in [5.41, 5.74) is 2.23. The van der Waals surface area contributed by atoms with Gasteiger partial charge in [0.25, 0.3) is 0 Å². The van der Waals surface area contributed by atoms with Crippen molar-refractivity contribution in [3.8, 4) is 0 Å². The van der Waals surface area contributed by atoms with Crippen molar-refractivity contribution in [1.82, 2.24) is 10.0 Å². The Labute approximate surface area is 197 Å². The number of halogens is 1. The molecule has 6 nitrogen and oxygen atoms in total. The molecule has 33 heavy (non-hydrogen) atoms. The summed E-state index contributed by atoms with van der Waals surface area (Å²) in [5.74, 6) is -0.817. The lowest BCUT2D eigenvalue weighted by atomic mass is 10.2. The van der Waals surface area contributed by atoms with Gasteiger partial charge in [0.2, 0.25) is 15.9 Å². The topological polar surface area (TPSA) is 87.3 Å². The molecule has 3 N–H and O–H groups in total. The van der Waals surface area contributed by atoms with Crippen molar-refractivity contribution in [2.24, 2.45) is 0 Å². The maximum atomic E-state index is 12.9. The normalized spacial score (nSPS) is 11.3. The van der Waals surface area contributed by atoms with Crippen molar-refractivity contribution in [1.29, 1.82) is 0 Å². The average molecular weight is 484 g/mol. The maximum absolute atomic E-state index is 12.9. The van der Waals surface area contributed by atoms with E-state index in [0.717, 1.165) is 5.56 Å². The Hall–Kier alpha value is -3.40. The van der Waals surface area contributed by atoms with Crippen molar-refractivity contribution < 1.29 is 17.6 Å². The summed E-state index contributed by atoms with van der Waals surface area (Å²) in [6, 6.07) is 21.3. The van der Waals surface area contributed by atoms with E-state index in [2.05, 4.69) is 15.4 Å². The molecule has 0 aliphatic rings. The number of carbonyl (C=O) groups is 1. The molecule has 3 aromatic carbocycles. The van der Waals surface area contributed by atoms with E-state index in [9.17, 15) is 17.6 Å². The van der Waals surface area contributed by atoms with E-state index in [-0.39, 0.29) is 22.4 Å². The van der Waals surface area contributed by atoms with E-state index in [4.69, 9.17) is 12.2 Å². The van der Waals surface area contributed by atoms with Gasteiger partial charge in [0.05, 0.1) is 4.90 Å². The SMILES string of the molecule is O=C(/C=C/c1ccc(F)cc1)NC(=S)Nc1ccc(S(=O)(=O)NCCc2ccccc2)cc1. The Balaban J connectivity index is 1.49. The number of nitrogens with one attached hydrogen (secondary N) is 3. The molecule has 1 amide bonds.